The number of carbonyl (C=O) groups is 1. The molecule has 0 unspecified atom stereocenters. The number of hydrogen-bond acceptors (Lipinski definition) is 3. The molecule has 0 saturated carbocycles. The van der Waals surface area contributed by atoms with Gasteiger partial charge in [-0.05, 0) is 54.8 Å². The first kappa shape index (κ1) is 21.7. The average Bonchev–Trinajstić information content (AvgIpc) is 3.17. The van der Waals surface area contributed by atoms with Crippen molar-refractivity contribution in [2.24, 2.45) is 0 Å². The molecule has 170 valence electrons. The standard InChI is InChI=1S/C29H27N3O2/c1-20-8-13-26-25(18-20)24-15-17-30-27(28(24)32(26)19-22-6-4-3-5-7-22)29(33)31-16-14-21-9-11-23(34-2)12-10-21/h3-13,15,17-18H,14,16,19H2,1-2H3,(H,31,33). The summed E-state index contributed by atoms with van der Waals surface area (Å²) in [7, 11) is 1.65. The van der Waals surface area contributed by atoms with E-state index in [1.165, 1.54) is 11.1 Å². The number of aryl methyl sites for hydroxylation is 1. The van der Waals surface area contributed by atoms with Gasteiger partial charge in [-0.2, -0.15) is 0 Å². The SMILES string of the molecule is COc1ccc(CCNC(=O)c2nccc3c4cc(C)ccc4n(Cc4ccccc4)c23)cc1. The van der Waals surface area contributed by atoms with Crippen LogP contribution in [0.5, 0.6) is 5.75 Å². The first-order valence-electron chi connectivity index (χ1n) is 11.5. The Bertz CT molecular complexity index is 1450. The van der Waals surface area contributed by atoms with E-state index in [-0.39, 0.29) is 5.91 Å². The molecule has 0 bridgehead atoms. The minimum atomic E-state index is -0.159. The first-order valence-corrected chi connectivity index (χ1v) is 11.5. The fraction of sp³-hybridized carbons (Fsp3) is 0.172. The molecule has 5 rings (SSSR count). The third-order valence-corrected chi connectivity index (χ3v) is 6.18. The quantitative estimate of drug-likeness (QED) is 0.356. The van der Waals surface area contributed by atoms with Gasteiger partial charge in [-0.25, -0.2) is 4.98 Å². The number of fused-ring (bicyclic) bond motifs is 3. The largest absolute Gasteiger partial charge is 0.497 e. The topological polar surface area (TPSA) is 56.1 Å². The number of nitrogens with one attached hydrogen (secondary N) is 1. The zero-order valence-electron chi connectivity index (χ0n) is 19.4. The van der Waals surface area contributed by atoms with E-state index < -0.39 is 0 Å². The monoisotopic (exact) mass is 449 g/mol. The van der Waals surface area contributed by atoms with Crippen molar-refractivity contribution in [3.05, 3.63) is 107 Å². The van der Waals surface area contributed by atoms with Gasteiger partial charge in [0.15, 0.2) is 5.69 Å². The van der Waals surface area contributed by atoms with Crippen LogP contribution in [0.15, 0.2) is 85.1 Å². The highest BCUT2D eigenvalue weighted by Gasteiger charge is 2.19. The number of amides is 1. The molecule has 0 fully saturated rings. The maximum Gasteiger partial charge on any atom is 0.272 e. The van der Waals surface area contributed by atoms with Gasteiger partial charge >= 0.3 is 0 Å². The summed E-state index contributed by atoms with van der Waals surface area (Å²) >= 11 is 0. The van der Waals surface area contributed by atoms with Crippen molar-refractivity contribution in [3.8, 4) is 5.75 Å². The Balaban J connectivity index is 1.49. The number of carbonyl (C=O) groups excluding carboxylic acids is 1. The molecular weight excluding hydrogens is 422 g/mol. The van der Waals surface area contributed by atoms with Gasteiger partial charge in [0.2, 0.25) is 0 Å². The summed E-state index contributed by atoms with van der Waals surface area (Å²) in [5.74, 6) is 0.665. The number of benzene rings is 3. The third-order valence-electron chi connectivity index (χ3n) is 6.18. The summed E-state index contributed by atoms with van der Waals surface area (Å²) in [5, 5.41) is 5.25. The second kappa shape index (κ2) is 9.40. The molecular formula is C29H27N3O2. The Morgan fingerprint density at radius 1 is 0.941 bits per heavy atom. The van der Waals surface area contributed by atoms with E-state index in [4.69, 9.17) is 4.74 Å². The summed E-state index contributed by atoms with van der Waals surface area (Å²) in [6.07, 6.45) is 2.47. The Kier molecular flexibility index (Phi) is 6.00. The van der Waals surface area contributed by atoms with Gasteiger partial charge < -0.3 is 14.6 Å². The van der Waals surface area contributed by atoms with Crippen LogP contribution >= 0.6 is 0 Å². The van der Waals surface area contributed by atoms with Crippen molar-refractivity contribution in [3.63, 3.8) is 0 Å². The Morgan fingerprint density at radius 3 is 2.50 bits per heavy atom. The maximum absolute atomic E-state index is 13.3. The van der Waals surface area contributed by atoms with Crippen LogP contribution in [0.25, 0.3) is 21.8 Å². The fourth-order valence-electron chi connectivity index (χ4n) is 4.46. The predicted molar refractivity (Wildman–Crippen MR) is 137 cm³/mol. The fourth-order valence-corrected chi connectivity index (χ4v) is 4.46. The van der Waals surface area contributed by atoms with E-state index in [9.17, 15) is 4.79 Å². The summed E-state index contributed by atoms with van der Waals surface area (Å²) in [6, 6.07) is 26.7. The first-order chi connectivity index (χ1) is 16.6. The van der Waals surface area contributed by atoms with Crippen LogP contribution in [0, 0.1) is 6.92 Å². The molecule has 34 heavy (non-hydrogen) atoms. The smallest absolute Gasteiger partial charge is 0.272 e. The molecule has 1 amide bonds. The lowest BCUT2D eigenvalue weighted by molar-refractivity contribution is 0.0950. The molecule has 2 heterocycles. The highest BCUT2D eigenvalue weighted by molar-refractivity contribution is 6.14. The zero-order valence-corrected chi connectivity index (χ0v) is 19.4. The lowest BCUT2D eigenvalue weighted by atomic mass is 10.1. The van der Waals surface area contributed by atoms with Gasteiger partial charge in [0.25, 0.3) is 5.91 Å². The number of aromatic nitrogens is 2. The number of pyridine rings is 1. The van der Waals surface area contributed by atoms with Crippen LogP contribution in [-0.4, -0.2) is 29.1 Å². The third kappa shape index (κ3) is 4.25. The summed E-state index contributed by atoms with van der Waals surface area (Å²) < 4.78 is 7.43. The van der Waals surface area contributed by atoms with Crippen molar-refractivity contribution in [2.45, 2.75) is 19.9 Å². The molecule has 2 aromatic heterocycles. The Labute approximate surface area is 199 Å². The molecule has 0 spiro atoms. The Morgan fingerprint density at radius 2 is 1.74 bits per heavy atom. The lowest BCUT2D eigenvalue weighted by Crippen LogP contribution is -2.27. The minimum absolute atomic E-state index is 0.159. The number of hydrogen-bond donors (Lipinski definition) is 1. The number of methoxy groups -OCH3 is 1. The number of rotatable bonds is 7. The average molecular weight is 450 g/mol. The van der Waals surface area contributed by atoms with Crippen molar-refractivity contribution in [1.29, 1.82) is 0 Å². The van der Waals surface area contributed by atoms with Crippen LogP contribution in [-0.2, 0) is 13.0 Å². The molecule has 0 saturated heterocycles. The van der Waals surface area contributed by atoms with E-state index >= 15 is 0 Å². The summed E-state index contributed by atoms with van der Waals surface area (Å²) in [6.45, 7) is 3.29. The highest BCUT2D eigenvalue weighted by atomic mass is 16.5. The predicted octanol–water partition coefficient (Wildman–Crippen LogP) is 5.53. The number of nitrogens with zero attached hydrogens (tertiary/aromatic N) is 2. The van der Waals surface area contributed by atoms with Crippen LogP contribution in [0.2, 0.25) is 0 Å². The minimum Gasteiger partial charge on any atom is -0.497 e. The van der Waals surface area contributed by atoms with Gasteiger partial charge in [-0.15, -0.1) is 0 Å². The van der Waals surface area contributed by atoms with Crippen molar-refractivity contribution in [2.75, 3.05) is 13.7 Å². The zero-order chi connectivity index (χ0) is 23.5. The van der Waals surface area contributed by atoms with Gasteiger partial charge in [0, 0.05) is 35.6 Å². The van der Waals surface area contributed by atoms with E-state index in [1.807, 2.05) is 48.5 Å². The van der Waals surface area contributed by atoms with Crippen molar-refractivity contribution in [1.82, 2.24) is 14.9 Å². The second-order valence-electron chi connectivity index (χ2n) is 8.50. The molecule has 5 heteroatoms. The van der Waals surface area contributed by atoms with Gasteiger partial charge in [-0.3, -0.25) is 4.79 Å². The molecule has 0 aliphatic carbocycles. The van der Waals surface area contributed by atoms with Crippen molar-refractivity contribution < 1.29 is 9.53 Å². The molecule has 0 radical (unpaired) electrons. The van der Waals surface area contributed by atoms with Crippen LogP contribution in [0.3, 0.4) is 0 Å². The van der Waals surface area contributed by atoms with Gasteiger partial charge in [-0.1, -0.05) is 54.1 Å². The summed E-state index contributed by atoms with van der Waals surface area (Å²) in [5.41, 5.74) is 5.93. The summed E-state index contributed by atoms with van der Waals surface area (Å²) in [4.78, 5) is 17.8. The van der Waals surface area contributed by atoms with E-state index in [0.29, 0.717) is 18.8 Å². The number of ether oxygens (including phenoxy) is 1. The molecule has 3 aromatic carbocycles. The van der Waals surface area contributed by atoms with Crippen LogP contribution in [0.1, 0.15) is 27.2 Å². The molecule has 0 aliphatic heterocycles. The van der Waals surface area contributed by atoms with Gasteiger partial charge in [0.05, 0.1) is 12.6 Å². The highest BCUT2D eigenvalue weighted by Crippen LogP contribution is 2.32. The van der Waals surface area contributed by atoms with E-state index in [1.54, 1.807) is 13.3 Å². The molecule has 5 nitrogen and oxygen atoms in total. The molecule has 5 aromatic rings. The molecule has 0 atom stereocenters. The molecule has 0 aliphatic rings. The van der Waals surface area contributed by atoms with E-state index in [2.05, 4.69) is 52.1 Å². The lowest BCUT2D eigenvalue weighted by Gasteiger charge is -2.11. The Hall–Kier alpha value is -4.12. The maximum atomic E-state index is 13.3. The normalized spacial score (nSPS) is 11.1. The van der Waals surface area contributed by atoms with Crippen molar-refractivity contribution >= 4 is 27.7 Å². The van der Waals surface area contributed by atoms with Crippen LogP contribution in [0.4, 0.5) is 0 Å². The molecule has 1 N–H and O–H groups in total. The second-order valence-corrected chi connectivity index (χ2v) is 8.50. The van der Waals surface area contributed by atoms with Gasteiger partial charge in [0.1, 0.15) is 5.75 Å². The van der Waals surface area contributed by atoms with E-state index in [0.717, 1.165) is 39.5 Å². The van der Waals surface area contributed by atoms with Crippen LogP contribution < -0.4 is 10.1 Å².